The molecule has 0 saturated carbocycles. The molecule has 0 saturated heterocycles. The maximum Gasteiger partial charge on any atom is 0.266 e. The number of para-hydroxylation sites is 1. The minimum absolute atomic E-state index is 0.155. The molecule has 1 aromatic heterocycles. The van der Waals surface area contributed by atoms with Crippen LogP contribution in [0.5, 0.6) is 5.75 Å². The molecule has 0 aliphatic rings. The summed E-state index contributed by atoms with van der Waals surface area (Å²) in [6.45, 7) is 1.73. The van der Waals surface area contributed by atoms with Crippen LogP contribution in [0.25, 0.3) is 27.7 Å². The van der Waals surface area contributed by atoms with E-state index in [1.54, 1.807) is 86.8 Å². The Bertz CT molecular complexity index is 1770. The van der Waals surface area contributed by atoms with Crippen LogP contribution in [-0.2, 0) is 10.0 Å². The van der Waals surface area contributed by atoms with Crippen LogP contribution in [0.2, 0.25) is 0 Å². The lowest BCUT2D eigenvalue weighted by atomic mass is 10.1. The molecule has 0 aliphatic heterocycles. The van der Waals surface area contributed by atoms with Crippen LogP contribution in [0.15, 0.2) is 113 Å². The zero-order valence-electron chi connectivity index (χ0n) is 21.3. The van der Waals surface area contributed by atoms with Crippen molar-refractivity contribution in [2.24, 2.45) is 0 Å². The van der Waals surface area contributed by atoms with Crippen molar-refractivity contribution in [1.29, 1.82) is 0 Å². The summed E-state index contributed by atoms with van der Waals surface area (Å²) in [5, 5.41) is 0.438. The normalized spacial score (nSPS) is 12.5. The van der Waals surface area contributed by atoms with Gasteiger partial charge in [-0.25, -0.2) is 13.4 Å². The van der Waals surface area contributed by atoms with E-state index in [1.807, 2.05) is 30.3 Å². The van der Waals surface area contributed by atoms with E-state index in [1.165, 1.54) is 15.9 Å². The number of methoxy groups -OCH3 is 1. The van der Waals surface area contributed by atoms with Gasteiger partial charge >= 0.3 is 0 Å². The lowest BCUT2D eigenvalue weighted by molar-refractivity contribution is 0.378. The molecule has 4 aromatic carbocycles. The number of benzene rings is 4. The van der Waals surface area contributed by atoms with Crippen LogP contribution >= 0.6 is 0 Å². The van der Waals surface area contributed by atoms with E-state index in [4.69, 9.17) is 9.72 Å². The first-order chi connectivity index (χ1) is 18.3. The van der Waals surface area contributed by atoms with E-state index in [2.05, 4.69) is 0 Å². The third-order valence-electron chi connectivity index (χ3n) is 6.67. The molecule has 38 heavy (non-hydrogen) atoms. The van der Waals surface area contributed by atoms with Gasteiger partial charge in [-0.05, 0) is 54.4 Å². The van der Waals surface area contributed by atoms with Gasteiger partial charge in [0.05, 0.1) is 34.6 Å². The minimum atomic E-state index is -3.91. The van der Waals surface area contributed by atoms with Gasteiger partial charge in [-0.15, -0.1) is 0 Å². The lowest BCUT2D eigenvalue weighted by Crippen LogP contribution is -2.35. The zero-order valence-corrected chi connectivity index (χ0v) is 22.1. The number of rotatable bonds is 7. The highest BCUT2D eigenvalue weighted by Gasteiger charge is 2.30. The standard InChI is InChI=1S/C30H27N3O4S/c1-21(32(2)38(35,36)26-18-16-23(17-19-26)22-10-5-4-6-11-22)29-31-28-15-8-7-14-27(28)30(34)33(29)24-12-9-13-25(20-24)37-3/h4-21H,1-3H3. The van der Waals surface area contributed by atoms with Crippen molar-refractivity contribution >= 4 is 20.9 Å². The highest BCUT2D eigenvalue weighted by Crippen LogP contribution is 2.29. The molecule has 0 N–H and O–H groups in total. The molecule has 7 nitrogen and oxygen atoms in total. The van der Waals surface area contributed by atoms with Crippen molar-refractivity contribution in [3.05, 3.63) is 119 Å². The quantitative estimate of drug-likeness (QED) is 0.283. The van der Waals surface area contributed by atoms with Crippen LogP contribution in [0.3, 0.4) is 0 Å². The Kier molecular flexibility index (Phi) is 6.84. The number of aromatic nitrogens is 2. The summed E-state index contributed by atoms with van der Waals surface area (Å²) >= 11 is 0. The number of hydrogen-bond acceptors (Lipinski definition) is 5. The molecule has 5 rings (SSSR count). The summed E-state index contributed by atoms with van der Waals surface area (Å²) in [5.41, 5.74) is 2.66. The van der Waals surface area contributed by atoms with E-state index in [9.17, 15) is 13.2 Å². The zero-order chi connectivity index (χ0) is 26.9. The molecule has 0 radical (unpaired) electrons. The number of fused-ring (bicyclic) bond motifs is 1. The Morgan fingerprint density at radius 2 is 1.50 bits per heavy atom. The van der Waals surface area contributed by atoms with E-state index in [0.29, 0.717) is 28.2 Å². The van der Waals surface area contributed by atoms with Crippen molar-refractivity contribution < 1.29 is 13.2 Å². The SMILES string of the molecule is COc1cccc(-n2c(C(C)N(C)S(=O)(=O)c3ccc(-c4ccccc4)cc3)nc3ccccc3c2=O)c1. The third-order valence-corrected chi connectivity index (χ3v) is 8.61. The van der Waals surface area contributed by atoms with Crippen LogP contribution in [0.1, 0.15) is 18.8 Å². The molecule has 5 aromatic rings. The topological polar surface area (TPSA) is 81.5 Å². The van der Waals surface area contributed by atoms with Gasteiger partial charge in [0, 0.05) is 13.1 Å². The first-order valence-electron chi connectivity index (χ1n) is 12.1. The van der Waals surface area contributed by atoms with Gasteiger partial charge in [0.25, 0.3) is 5.56 Å². The highest BCUT2D eigenvalue weighted by molar-refractivity contribution is 7.89. The second kappa shape index (κ2) is 10.2. The van der Waals surface area contributed by atoms with Crippen molar-refractivity contribution in [3.63, 3.8) is 0 Å². The van der Waals surface area contributed by atoms with Gasteiger partial charge in [-0.2, -0.15) is 4.31 Å². The fourth-order valence-electron chi connectivity index (χ4n) is 4.42. The maximum absolute atomic E-state index is 13.7. The summed E-state index contributed by atoms with van der Waals surface area (Å²) in [7, 11) is -0.859. The van der Waals surface area contributed by atoms with E-state index in [0.717, 1.165) is 11.1 Å². The molecular formula is C30H27N3O4S. The fraction of sp³-hybridized carbons (Fsp3) is 0.133. The first-order valence-corrected chi connectivity index (χ1v) is 13.5. The number of nitrogens with zero attached hydrogens (tertiary/aromatic N) is 3. The lowest BCUT2D eigenvalue weighted by Gasteiger charge is -2.26. The van der Waals surface area contributed by atoms with Gasteiger partial charge in [0.15, 0.2) is 0 Å². The van der Waals surface area contributed by atoms with Gasteiger partial charge in [-0.1, -0.05) is 60.7 Å². The number of ether oxygens (including phenoxy) is 1. The maximum atomic E-state index is 13.7. The van der Waals surface area contributed by atoms with Crippen molar-refractivity contribution in [2.45, 2.75) is 17.9 Å². The van der Waals surface area contributed by atoms with Gasteiger partial charge in [0.2, 0.25) is 10.0 Å². The Morgan fingerprint density at radius 1 is 0.842 bits per heavy atom. The number of hydrogen-bond donors (Lipinski definition) is 0. The molecule has 0 fully saturated rings. The monoisotopic (exact) mass is 525 g/mol. The summed E-state index contributed by atoms with van der Waals surface area (Å²) in [6, 6.07) is 29.9. The van der Waals surface area contributed by atoms with Crippen LogP contribution in [0.4, 0.5) is 0 Å². The smallest absolute Gasteiger partial charge is 0.266 e. The second-order valence-electron chi connectivity index (χ2n) is 8.92. The largest absolute Gasteiger partial charge is 0.497 e. The Balaban J connectivity index is 1.59. The van der Waals surface area contributed by atoms with Crippen molar-refractivity contribution in [3.8, 4) is 22.6 Å². The highest BCUT2D eigenvalue weighted by atomic mass is 32.2. The molecule has 1 heterocycles. The molecule has 1 atom stereocenters. The van der Waals surface area contributed by atoms with Crippen molar-refractivity contribution in [2.75, 3.05) is 14.2 Å². The molecule has 0 bridgehead atoms. The average molecular weight is 526 g/mol. The molecule has 8 heteroatoms. The minimum Gasteiger partial charge on any atom is -0.497 e. The van der Waals surface area contributed by atoms with Gasteiger partial charge in [-0.3, -0.25) is 9.36 Å². The van der Waals surface area contributed by atoms with Gasteiger partial charge < -0.3 is 4.74 Å². The molecule has 192 valence electrons. The molecule has 0 aliphatic carbocycles. The third kappa shape index (κ3) is 4.60. The summed E-state index contributed by atoms with van der Waals surface area (Å²) in [5.74, 6) is 0.870. The van der Waals surface area contributed by atoms with Crippen LogP contribution < -0.4 is 10.3 Å². The summed E-state index contributed by atoms with van der Waals surface area (Å²) in [4.78, 5) is 18.6. The van der Waals surface area contributed by atoms with Crippen molar-refractivity contribution in [1.82, 2.24) is 13.9 Å². The molecular weight excluding hydrogens is 498 g/mol. The van der Waals surface area contributed by atoms with Crippen LogP contribution in [-0.4, -0.2) is 36.4 Å². The fourth-order valence-corrected chi connectivity index (χ4v) is 5.74. The average Bonchev–Trinajstić information content (AvgIpc) is 2.97. The predicted molar refractivity (Wildman–Crippen MR) is 149 cm³/mol. The Morgan fingerprint density at radius 3 is 2.21 bits per heavy atom. The summed E-state index contributed by atoms with van der Waals surface area (Å²) < 4.78 is 35.4. The number of sulfonamides is 1. The van der Waals surface area contributed by atoms with Gasteiger partial charge in [0.1, 0.15) is 11.6 Å². The molecule has 0 amide bonds. The van der Waals surface area contributed by atoms with Crippen LogP contribution in [0, 0.1) is 0 Å². The molecule has 1 unspecified atom stereocenters. The second-order valence-corrected chi connectivity index (χ2v) is 10.9. The summed E-state index contributed by atoms with van der Waals surface area (Å²) in [6.07, 6.45) is 0. The van der Waals surface area contributed by atoms with E-state index < -0.39 is 16.1 Å². The van der Waals surface area contributed by atoms with E-state index in [-0.39, 0.29) is 10.5 Å². The Hall–Kier alpha value is -4.27. The molecule has 0 spiro atoms. The first kappa shape index (κ1) is 25.4. The predicted octanol–water partition coefficient (Wildman–Crippen LogP) is 5.44. The van der Waals surface area contributed by atoms with E-state index >= 15 is 0 Å². The Labute approximate surface area is 221 Å².